The van der Waals surface area contributed by atoms with Gasteiger partial charge in [0.05, 0.1) is 12.6 Å². The molecule has 0 amide bonds. The number of aromatic nitrogens is 1. The summed E-state index contributed by atoms with van der Waals surface area (Å²) in [6, 6.07) is 3.84. The minimum absolute atomic E-state index is 0.0975. The topological polar surface area (TPSA) is 116 Å². The molecule has 2 heterocycles. The standard InChI is InChI=1S/C12H10N2O6/c1-7-4-10(15)9(12(16)17)6-13(7)5-8-2-3-11(20-8)14(18)19/h2-4,6H,5H2,1H3,(H,16,17). The Hall–Kier alpha value is -2.90. The summed E-state index contributed by atoms with van der Waals surface area (Å²) in [6.07, 6.45) is 1.19. The van der Waals surface area contributed by atoms with Gasteiger partial charge in [-0.25, -0.2) is 4.79 Å². The van der Waals surface area contributed by atoms with E-state index in [-0.39, 0.29) is 12.1 Å². The summed E-state index contributed by atoms with van der Waals surface area (Å²) < 4.78 is 6.47. The Labute approximate surface area is 112 Å². The van der Waals surface area contributed by atoms with Gasteiger partial charge in [-0.15, -0.1) is 0 Å². The van der Waals surface area contributed by atoms with Crippen LogP contribution in [0.5, 0.6) is 0 Å². The molecule has 8 heteroatoms. The van der Waals surface area contributed by atoms with Gasteiger partial charge in [-0.1, -0.05) is 0 Å². The molecule has 0 radical (unpaired) electrons. The lowest BCUT2D eigenvalue weighted by molar-refractivity contribution is -0.402. The number of furan rings is 1. The van der Waals surface area contributed by atoms with E-state index in [2.05, 4.69) is 0 Å². The van der Waals surface area contributed by atoms with E-state index in [1.165, 1.54) is 29.0 Å². The third-order valence-corrected chi connectivity index (χ3v) is 2.73. The monoisotopic (exact) mass is 278 g/mol. The van der Waals surface area contributed by atoms with E-state index >= 15 is 0 Å². The zero-order chi connectivity index (χ0) is 14.9. The number of aryl methyl sites for hydroxylation is 1. The second-order valence-electron chi connectivity index (χ2n) is 4.12. The molecule has 2 aromatic rings. The molecule has 0 aliphatic carbocycles. The smallest absolute Gasteiger partial charge is 0.433 e. The Morgan fingerprint density at radius 2 is 2.20 bits per heavy atom. The molecule has 0 aromatic carbocycles. The van der Waals surface area contributed by atoms with Gasteiger partial charge in [0.2, 0.25) is 0 Å². The number of hydrogen-bond acceptors (Lipinski definition) is 5. The van der Waals surface area contributed by atoms with Crippen molar-refractivity contribution >= 4 is 11.9 Å². The Morgan fingerprint density at radius 3 is 2.75 bits per heavy atom. The minimum Gasteiger partial charge on any atom is -0.477 e. The van der Waals surface area contributed by atoms with Gasteiger partial charge in [0.15, 0.2) is 5.43 Å². The van der Waals surface area contributed by atoms with Crippen molar-refractivity contribution < 1.29 is 19.2 Å². The van der Waals surface area contributed by atoms with Crippen LogP contribution in [0.1, 0.15) is 21.8 Å². The highest BCUT2D eigenvalue weighted by Gasteiger charge is 2.14. The molecule has 0 aliphatic heterocycles. The molecule has 0 unspecified atom stereocenters. The molecule has 2 aromatic heterocycles. The van der Waals surface area contributed by atoms with E-state index < -0.39 is 22.2 Å². The quantitative estimate of drug-likeness (QED) is 0.667. The zero-order valence-electron chi connectivity index (χ0n) is 10.4. The first-order valence-electron chi connectivity index (χ1n) is 5.56. The van der Waals surface area contributed by atoms with Gasteiger partial charge in [0.25, 0.3) is 0 Å². The van der Waals surface area contributed by atoms with Gasteiger partial charge in [0.1, 0.15) is 16.2 Å². The normalized spacial score (nSPS) is 10.4. The van der Waals surface area contributed by atoms with Crippen LogP contribution in [0.2, 0.25) is 0 Å². The van der Waals surface area contributed by atoms with Crippen molar-refractivity contribution in [3.8, 4) is 0 Å². The van der Waals surface area contributed by atoms with Crippen molar-refractivity contribution in [2.45, 2.75) is 13.5 Å². The first kappa shape index (κ1) is 13.5. The number of carboxylic acid groups (broad SMARTS) is 1. The number of rotatable bonds is 4. The fourth-order valence-electron chi connectivity index (χ4n) is 1.72. The van der Waals surface area contributed by atoms with Crippen LogP contribution in [0.4, 0.5) is 5.88 Å². The summed E-state index contributed by atoms with van der Waals surface area (Å²) in [7, 11) is 0. The molecule has 1 N–H and O–H groups in total. The summed E-state index contributed by atoms with van der Waals surface area (Å²) in [4.78, 5) is 32.2. The highest BCUT2D eigenvalue weighted by molar-refractivity contribution is 5.87. The molecular weight excluding hydrogens is 268 g/mol. The van der Waals surface area contributed by atoms with Gasteiger partial charge in [-0.2, -0.15) is 0 Å². The van der Waals surface area contributed by atoms with Crippen molar-refractivity contribution in [2.75, 3.05) is 0 Å². The first-order valence-corrected chi connectivity index (χ1v) is 5.56. The number of carbonyl (C=O) groups is 1. The molecule has 2 rings (SSSR count). The van der Waals surface area contributed by atoms with Crippen LogP contribution in [-0.2, 0) is 6.54 Å². The summed E-state index contributed by atoms with van der Waals surface area (Å²) in [5.41, 5.74) is -0.424. The Bertz CT molecular complexity index is 743. The predicted molar refractivity (Wildman–Crippen MR) is 66.9 cm³/mol. The Morgan fingerprint density at radius 1 is 1.50 bits per heavy atom. The van der Waals surface area contributed by atoms with Crippen LogP contribution in [-0.4, -0.2) is 20.6 Å². The maximum absolute atomic E-state index is 11.5. The number of aromatic carboxylic acids is 1. The highest BCUT2D eigenvalue weighted by atomic mass is 16.6. The van der Waals surface area contributed by atoms with Crippen molar-refractivity contribution in [3.63, 3.8) is 0 Å². The molecule has 20 heavy (non-hydrogen) atoms. The van der Waals surface area contributed by atoms with Gasteiger partial charge < -0.3 is 14.1 Å². The number of pyridine rings is 1. The second kappa shape index (κ2) is 5.00. The fraction of sp³-hybridized carbons (Fsp3) is 0.167. The largest absolute Gasteiger partial charge is 0.477 e. The minimum atomic E-state index is -1.32. The molecule has 0 fully saturated rings. The van der Waals surface area contributed by atoms with E-state index in [1.807, 2.05) is 0 Å². The summed E-state index contributed by atoms with van der Waals surface area (Å²) >= 11 is 0. The maximum atomic E-state index is 11.5. The van der Waals surface area contributed by atoms with Gasteiger partial charge in [-0.05, 0) is 13.0 Å². The van der Waals surface area contributed by atoms with Crippen molar-refractivity contribution in [1.82, 2.24) is 4.57 Å². The Kier molecular flexibility index (Phi) is 3.38. The predicted octanol–water partition coefficient (Wildman–Crippen LogP) is 1.40. The molecule has 8 nitrogen and oxygen atoms in total. The average molecular weight is 278 g/mol. The fourth-order valence-corrected chi connectivity index (χ4v) is 1.72. The number of nitro groups is 1. The molecule has 0 aliphatic rings. The SMILES string of the molecule is Cc1cc(=O)c(C(=O)O)cn1Cc1ccc([N+](=O)[O-])o1. The van der Waals surface area contributed by atoms with Gasteiger partial charge in [-0.3, -0.25) is 14.9 Å². The first-order chi connectivity index (χ1) is 9.38. The molecule has 104 valence electrons. The van der Waals surface area contributed by atoms with Crippen LogP contribution in [0, 0.1) is 17.0 Å². The number of nitrogens with zero attached hydrogens (tertiary/aromatic N) is 2. The van der Waals surface area contributed by atoms with Crippen LogP contribution >= 0.6 is 0 Å². The van der Waals surface area contributed by atoms with Gasteiger partial charge >= 0.3 is 11.9 Å². The van der Waals surface area contributed by atoms with Crippen molar-refractivity contribution in [1.29, 1.82) is 0 Å². The van der Waals surface area contributed by atoms with Gasteiger partial charge in [0, 0.05) is 18.0 Å². The second-order valence-corrected chi connectivity index (χ2v) is 4.12. The Balaban J connectivity index is 2.37. The van der Waals surface area contributed by atoms with Crippen LogP contribution in [0.3, 0.4) is 0 Å². The lowest BCUT2D eigenvalue weighted by Crippen LogP contribution is -2.19. The van der Waals surface area contributed by atoms with E-state index in [0.717, 1.165) is 0 Å². The third-order valence-electron chi connectivity index (χ3n) is 2.73. The summed E-state index contributed by atoms with van der Waals surface area (Å²) in [5, 5.41) is 19.4. The molecule has 0 bridgehead atoms. The van der Waals surface area contributed by atoms with E-state index in [1.54, 1.807) is 6.92 Å². The van der Waals surface area contributed by atoms with Crippen molar-refractivity contribution in [2.24, 2.45) is 0 Å². The maximum Gasteiger partial charge on any atom is 0.433 e. The number of carboxylic acids is 1. The molecule has 0 saturated carbocycles. The van der Waals surface area contributed by atoms with Crippen LogP contribution in [0.25, 0.3) is 0 Å². The molecule has 0 saturated heterocycles. The van der Waals surface area contributed by atoms with E-state index in [4.69, 9.17) is 9.52 Å². The summed E-state index contributed by atoms with van der Waals surface area (Å²) in [5.74, 6) is -1.42. The summed E-state index contributed by atoms with van der Waals surface area (Å²) in [6.45, 7) is 1.73. The molecular formula is C12H10N2O6. The average Bonchev–Trinajstić information content (AvgIpc) is 2.80. The van der Waals surface area contributed by atoms with E-state index in [9.17, 15) is 19.7 Å². The lowest BCUT2D eigenvalue weighted by Gasteiger charge is -2.09. The third kappa shape index (κ3) is 2.58. The van der Waals surface area contributed by atoms with Crippen LogP contribution < -0.4 is 5.43 Å². The van der Waals surface area contributed by atoms with E-state index in [0.29, 0.717) is 11.5 Å². The highest BCUT2D eigenvalue weighted by Crippen LogP contribution is 2.17. The van der Waals surface area contributed by atoms with Crippen molar-refractivity contribution in [3.05, 3.63) is 61.8 Å². The number of hydrogen-bond donors (Lipinski definition) is 1. The molecule has 0 spiro atoms. The molecule has 0 atom stereocenters. The zero-order valence-corrected chi connectivity index (χ0v) is 10.4. The lowest BCUT2D eigenvalue weighted by atomic mass is 10.2. The van der Waals surface area contributed by atoms with Crippen LogP contribution in [0.15, 0.2) is 33.6 Å².